The number of piperazine rings is 1. The summed E-state index contributed by atoms with van der Waals surface area (Å²) >= 11 is 7.32. The maximum atomic E-state index is 13.9. The van der Waals surface area contributed by atoms with Gasteiger partial charge in [0.15, 0.2) is 0 Å². The van der Waals surface area contributed by atoms with Crippen molar-refractivity contribution in [3.05, 3.63) is 117 Å². The number of H-pyrrole nitrogens is 1. The standard InChI is InChI=1S/C46H50ClN7O5S/c47-35-4-2-32(3-5-35)40-27-46(14-1-15-46)16-10-34(40)30-52-18-20-53(21-19-52)36-6-8-39(43(25-36)59-37-24-33-11-17-48-44(33)50-29-37)45(55)51-60-38-7-9-41(42(26-38)54(56)57)49-28-31-12-22-58-23-13-31/h2-9,11,17,24-26,29,31,49H,1,10,12-16,18-23,27-28,30H2,(H,48,50)(H,51,55). The third-order valence-corrected chi connectivity index (χ3v) is 13.9. The first-order chi connectivity index (χ1) is 29.3. The van der Waals surface area contributed by atoms with E-state index in [0.29, 0.717) is 58.7 Å². The van der Waals surface area contributed by atoms with Crippen molar-refractivity contribution in [2.24, 2.45) is 11.3 Å². The average molecular weight is 848 g/mol. The number of allylic oxidation sites excluding steroid dienone is 1. The molecule has 0 radical (unpaired) electrons. The lowest BCUT2D eigenvalue weighted by Crippen LogP contribution is -2.47. The van der Waals surface area contributed by atoms with Gasteiger partial charge in [0, 0.05) is 91.8 Å². The normalized spacial score (nSPS) is 18.4. The van der Waals surface area contributed by atoms with E-state index in [1.54, 1.807) is 30.0 Å². The molecule has 0 unspecified atom stereocenters. The second kappa shape index (κ2) is 17.9. The highest BCUT2D eigenvalue weighted by Gasteiger charge is 2.41. The highest BCUT2D eigenvalue weighted by molar-refractivity contribution is 7.98. The van der Waals surface area contributed by atoms with Gasteiger partial charge in [-0.15, -0.1) is 0 Å². The van der Waals surface area contributed by atoms with Crippen molar-refractivity contribution in [1.29, 1.82) is 0 Å². The minimum Gasteiger partial charge on any atom is -0.455 e. The fourth-order valence-corrected chi connectivity index (χ4v) is 9.90. The monoisotopic (exact) mass is 847 g/mol. The minimum absolute atomic E-state index is 0.0399. The van der Waals surface area contributed by atoms with Gasteiger partial charge in [-0.3, -0.25) is 24.5 Å². The number of aromatic amines is 1. The number of carbonyl (C=O) groups excluding carboxylic acids is 1. The maximum absolute atomic E-state index is 13.9. The summed E-state index contributed by atoms with van der Waals surface area (Å²) in [6, 6.07) is 22.9. The van der Waals surface area contributed by atoms with Gasteiger partial charge >= 0.3 is 0 Å². The zero-order chi connectivity index (χ0) is 41.1. The molecule has 1 spiro atoms. The smallest absolute Gasteiger partial charge is 0.293 e. The van der Waals surface area contributed by atoms with Crippen LogP contribution < -0.4 is 19.7 Å². The molecule has 4 aliphatic rings. The van der Waals surface area contributed by atoms with Gasteiger partial charge in [-0.05, 0) is 128 Å². The molecule has 12 nitrogen and oxygen atoms in total. The molecule has 4 heterocycles. The van der Waals surface area contributed by atoms with Crippen molar-refractivity contribution in [3.63, 3.8) is 0 Å². The molecule has 9 rings (SSSR count). The van der Waals surface area contributed by atoms with E-state index in [2.05, 4.69) is 41.9 Å². The number of amides is 1. The van der Waals surface area contributed by atoms with Crippen molar-refractivity contribution in [1.82, 2.24) is 19.6 Å². The SMILES string of the molecule is O=C(NSc1ccc(NCC2CCOCC2)c([N+](=O)[O-])c1)c1ccc(N2CCN(CC3=C(c4ccc(Cl)cc4)CC4(CCC4)CC3)CC2)cc1Oc1cnc2[nH]ccc2c1. The van der Waals surface area contributed by atoms with Gasteiger partial charge in [0.1, 0.15) is 22.8 Å². The van der Waals surface area contributed by atoms with Crippen molar-refractivity contribution < 1.29 is 19.2 Å². The molecule has 2 saturated heterocycles. The van der Waals surface area contributed by atoms with Crippen LogP contribution in [-0.2, 0) is 4.74 Å². The van der Waals surface area contributed by atoms with Crippen molar-refractivity contribution in [2.75, 3.05) is 62.7 Å². The number of fused-ring (bicyclic) bond motifs is 1. The van der Waals surface area contributed by atoms with Crippen LogP contribution in [0, 0.1) is 21.4 Å². The second-order valence-electron chi connectivity index (χ2n) is 16.7. The highest BCUT2D eigenvalue weighted by atomic mass is 35.5. The molecule has 1 saturated carbocycles. The second-order valence-corrected chi connectivity index (χ2v) is 18.0. The number of benzene rings is 3. The molecule has 14 heteroatoms. The lowest BCUT2D eigenvalue weighted by molar-refractivity contribution is -0.384. The van der Waals surface area contributed by atoms with E-state index in [1.165, 1.54) is 49.3 Å². The van der Waals surface area contributed by atoms with E-state index in [0.717, 1.165) is 85.7 Å². The summed E-state index contributed by atoms with van der Waals surface area (Å²) in [4.78, 5) is 38.6. The Morgan fingerprint density at radius 1 is 1.02 bits per heavy atom. The molecule has 3 aromatic carbocycles. The van der Waals surface area contributed by atoms with Crippen molar-refractivity contribution in [3.8, 4) is 11.5 Å². The minimum atomic E-state index is -0.395. The van der Waals surface area contributed by atoms with Gasteiger partial charge in [0.2, 0.25) is 0 Å². The third kappa shape index (κ3) is 9.14. The zero-order valence-corrected chi connectivity index (χ0v) is 35.2. The van der Waals surface area contributed by atoms with E-state index in [1.807, 2.05) is 42.6 Å². The molecule has 5 aromatic rings. The van der Waals surface area contributed by atoms with Crippen LogP contribution in [0.5, 0.6) is 11.5 Å². The predicted octanol–water partition coefficient (Wildman–Crippen LogP) is 10.1. The third-order valence-electron chi connectivity index (χ3n) is 12.9. The molecule has 312 valence electrons. The van der Waals surface area contributed by atoms with Crippen LogP contribution in [-0.4, -0.2) is 78.2 Å². The number of hydrogen-bond acceptors (Lipinski definition) is 10. The number of ether oxygens (including phenoxy) is 2. The lowest BCUT2D eigenvalue weighted by Gasteiger charge is -2.47. The summed E-state index contributed by atoms with van der Waals surface area (Å²) in [5.74, 6) is 0.921. The Kier molecular flexibility index (Phi) is 12.0. The van der Waals surface area contributed by atoms with Gasteiger partial charge in [-0.2, -0.15) is 0 Å². The van der Waals surface area contributed by atoms with E-state index in [4.69, 9.17) is 21.1 Å². The number of pyridine rings is 1. The lowest BCUT2D eigenvalue weighted by atomic mass is 9.59. The Bertz CT molecular complexity index is 2390. The van der Waals surface area contributed by atoms with Crippen LogP contribution in [0.4, 0.5) is 17.1 Å². The van der Waals surface area contributed by atoms with Gasteiger partial charge in [-0.1, -0.05) is 35.7 Å². The fraction of sp³-hybridized carbons (Fsp3) is 0.391. The Labute approximate surface area is 359 Å². The number of nitro benzene ring substituents is 1. The summed E-state index contributed by atoms with van der Waals surface area (Å²) in [5, 5.41) is 17.0. The number of carbonyl (C=O) groups is 1. The molecule has 0 atom stereocenters. The first-order valence-corrected chi connectivity index (χ1v) is 22.2. The van der Waals surface area contributed by atoms with Gasteiger partial charge in [0.05, 0.1) is 16.7 Å². The van der Waals surface area contributed by atoms with Crippen molar-refractivity contribution in [2.45, 2.75) is 56.3 Å². The molecule has 3 N–H and O–H groups in total. The summed E-state index contributed by atoms with van der Waals surface area (Å²) in [7, 11) is 0. The Balaban J connectivity index is 0.894. The van der Waals surface area contributed by atoms with Crippen LogP contribution in [0.2, 0.25) is 5.02 Å². The molecule has 0 bridgehead atoms. The highest BCUT2D eigenvalue weighted by Crippen LogP contribution is 2.55. The Morgan fingerprint density at radius 3 is 2.60 bits per heavy atom. The number of hydrogen-bond donors (Lipinski definition) is 3. The number of nitrogens with one attached hydrogen (secondary N) is 3. The Morgan fingerprint density at radius 2 is 1.83 bits per heavy atom. The molecule has 60 heavy (non-hydrogen) atoms. The number of aromatic nitrogens is 2. The molecule has 2 aliphatic carbocycles. The summed E-state index contributed by atoms with van der Waals surface area (Å²) < 4.78 is 14.8. The molecular weight excluding hydrogens is 798 g/mol. The molecule has 3 fully saturated rings. The maximum Gasteiger partial charge on any atom is 0.293 e. The average Bonchev–Trinajstić information content (AvgIpc) is 3.74. The van der Waals surface area contributed by atoms with Crippen LogP contribution in [0.25, 0.3) is 16.6 Å². The number of anilines is 2. The molecule has 2 aliphatic heterocycles. The van der Waals surface area contributed by atoms with E-state index in [9.17, 15) is 14.9 Å². The summed E-state index contributed by atoms with van der Waals surface area (Å²) in [5.41, 5.74) is 7.35. The first kappa shape index (κ1) is 40.3. The van der Waals surface area contributed by atoms with Gasteiger partial charge in [0.25, 0.3) is 11.6 Å². The number of rotatable bonds is 13. The van der Waals surface area contributed by atoms with E-state index < -0.39 is 4.92 Å². The molecule has 2 aromatic heterocycles. The Hall–Kier alpha value is -5.08. The number of halogens is 1. The van der Waals surface area contributed by atoms with Crippen LogP contribution >= 0.6 is 23.5 Å². The van der Waals surface area contributed by atoms with Gasteiger partial charge in [-0.25, -0.2) is 4.98 Å². The summed E-state index contributed by atoms with van der Waals surface area (Å²) in [6.07, 6.45) is 12.9. The zero-order valence-electron chi connectivity index (χ0n) is 33.6. The largest absolute Gasteiger partial charge is 0.455 e. The topological polar surface area (TPSA) is 138 Å². The van der Waals surface area contributed by atoms with Crippen LogP contribution in [0.1, 0.15) is 67.3 Å². The van der Waals surface area contributed by atoms with Crippen LogP contribution in [0.15, 0.2) is 95.7 Å². The molecule has 1 amide bonds. The predicted molar refractivity (Wildman–Crippen MR) is 238 cm³/mol. The molecular formula is C46H50ClN7O5S. The number of nitrogens with zero attached hydrogens (tertiary/aromatic N) is 4. The van der Waals surface area contributed by atoms with E-state index >= 15 is 0 Å². The van der Waals surface area contributed by atoms with Gasteiger partial charge < -0.3 is 24.7 Å². The van der Waals surface area contributed by atoms with Crippen molar-refractivity contribution >= 4 is 63.1 Å². The number of nitro groups is 1. The summed E-state index contributed by atoms with van der Waals surface area (Å²) in [6.45, 7) is 6.54. The quantitative estimate of drug-likeness (QED) is 0.0596. The van der Waals surface area contributed by atoms with E-state index in [-0.39, 0.29) is 11.6 Å². The fourth-order valence-electron chi connectivity index (χ4n) is 9.15. The first-order valence-electron chi connectivity index (χ1n) is 21.0. The van der Waals surface area contributed by atoms with Crippen LogP contribution in [0.3, 0.4) is 0 Å².